The van der Waals surface area contributed by atoms with Crippen LogP contribution in [0.3, 0.4) is 0 Å². The molecule has 0 fully saturated rings. The van der Waals surface area contributed by atoms with Crippen LogP contribution in [0, 0.1) is 6.92 Å². The van der Waals surface area contributed by atoms with Gasteiger partial charge in [0.25, 0.3) is 11.7 Å². The molecule has 0 spiro atoms. The Hall–Kier alpha value is -2.42. The summed E-state index contributed by atoms with van der Waals surface area (Å²) < 4.78 is 0. The topological polar surface area (TPSA) is 37.4 Å². The van der Waals surface area contributed by atoms with Crippen molar-refractivity contribution in [2.75, 3.05) is 11.4 Å². The third kappa shape index (κ3) is 2.80. The Kier molecular flexibility index (Phi) is 4.05. The monoisotopic (exact) mass is 293 g/mol. The van der Waals surface area contributed by atoms with Crippen molar-refractivity contribution >= 4 is 17.4 Å². The predicted octanol–water partition coefficient (Wildman–Crippen LogP) is 3.55. The van der Waals surface area contributed by atoms with Gasteiger partial charge in [-0.1, -0.05) is 48.0 Å². The van der Waals surface area contributed by atoms with Crippen molar-refractivity contribution in [2.24, 2.45) is 0 Å². The highest BCUT2D eigenvalue weighted by Gasteiger charge is 2.26. The molecule has 0 aliphatic carbocycles. The van der Waals surface area contributed by atoms with E-state index in [4.69, 9.17) is 0 Å². The number of rotatable bonds is 2. The largest absolute Gasteiger partial charge is 0.305 e. The van der Waals surface area contributed by atoms with Gasteiger partial charge in [0, 0.05) is 17.8 Å². The van der Waals surface area contributed by atoms with Crippen molar-refractivity contribution in [2.45, 2.75) is 26.2 Å². The first kappa shape index (κ1) is 14.5. The molecule has 0 bridgehead atoms. The fraction of sp³-hybridized carbons (Fsp3) is 0.263. The third-order valence-corrected chi connectivity index (χ3v) is 4.11. The molecule has 1 amide bonds. The Balaban J connectivity index is 1.91. The first-order chi connectivity index (χ1) is 10.7. The van der Waals surface area contributed by atoms with Crippen molar-refractivity contribution < 1.29 is 9.59 Å². The summed E-state index contributed by atoms with van der Waals surface area (Å²) >= 11 is 0. The molecule has 2 aromatic rings. The van der Waals surface area contributed by atoms with Crippen molar-refractivity contribution in [1.82, 2.24) is 0 Å². The van der Waals surface area contributed by atoms with E-state index in [-0.39, 0.29) is 0 Å². The van der Waals surface area contributed by atoms with Crippen molar-refractivity contribution in [3.05, 3.63) is 65.2 Å². The lowest BCUT2D eigenvalue weighted by molar-refractivity contribution is -0.114. The smallest absolute Gasteiger partial charge is 0.299 e. The van der Waals surface area contributed by atoms with E-state index in [1.165, 1.54) is 0 Å². The Morgan fingerprint density at radius 3 is 2.45 bits per heavy atom. The lowest BCUT2D eigenvalue weighted by atomic mass is 10.1. The van der Waals surface area contributed by atoms with Gasteiger partial charge in [-0.15, -0.1) is 0 Å². The van der Waals surface area contributed by atoms with E-state index in [1.54, 1.807) is 17.0 Å². The van der Waals surface area contributed by atoms with E-state index < -0.39 is 11.7 Å². The number of anilines is 1. The molecule has 3 rings (SSSR count). The van der Waals surface area contributed by atoms with Gasteiger partial charge in [-0.3, -0.25) is 9.59 Å². The molecular formula is C19H19NO2. The summed E-state index contributed by atoms with van der Waals surface area (Å²) in [6, 6.07) is 15.0. The number of nitrogens with zero attached hydrogens (tertiary/aromatic N) is 1. The second kappa shape index (κ2) is 6.14. The number of Topliss-reactive ketones (excluding diaryl/α,β-unsaturated/α-hetero) is 1. The summed E-state index contributed by atoms with van der Waals surface area (Å²) in [5.74, 6) is -0.866. The quantitative estimate of drug-likeness (QED) is 0.627. The highest BCUT2D eigenvalue weighted by atomic mass is 16.2. The van der Waals surface area contributed by atoms with Crippen LogP contribution in [0.15, 0.2) is 48.5 Å². The van der Waals surface area contributed by atoms with Gasteiger partial charge in [0.05, 0.1) is 0 Å². The highest BCUT2D eigenvalue weighted by Crippen LogP contribution is 2.26. The minimum atomic E-state index is -0.434. The maximum Gasteiger partial charge on any atom is 0.299 e. The summed E-state index contributed by atoms with van der Waals surface area (Å²) in [5, 5.41) is 0. The number of aryl methyl sites for hydroxylation is 2. The fourth-order valence-electron chi connectivity index (χ4n) is 2.85. The molecule has 1 heterocycles. The van der Waals surface area contributed by atoms with Crippen LogP contribution in [0.2, 0.25) is 0 Å². The van der Waals surface area contributed by atoms with Gasteiger partial charge < -0.3 is 4.90 Å². The zero-order valence-corrected chi connectivity index (χ0v) is 12.7. The van der Waals surface area contributed by atoms with Crippen LogP contribution >= 0.6 is 0 Å². The Labute approximate surface area is 130 Å². The molecule has 112 valence electrons. The van der Waals surface area contributed by atoms with Gasteiger partial charge in [-0.2, -0.15) is 0 Å². The number of para-hydroxylation sites is 1. The predicted molar refractivity (Wildman–Crippen MR) is 87.2 cm³/mol. The van der Waals surface area contributed by atoms with Crippen LogP contribution in [0.4, 0.5) is 5.69 Å². The van der Waals surface area contributed by atoms with Gasteiger partial charge in [0.2, 0.25) is 0 Å². The minimum absolute atomic E-state index is 0.432. The summed E-state index contributed by atoms with van der Waals surface area (Å²) in [6.45, 7) is 2.56. The van der Waals surface area contributed by atoms with E-state index >= 15 is 0 Å². The third-order valence-electron chi connectivity index (χ3n) is 4.11. The van der Waals surface area contributed by atoms with Crippen LogP contribution in [0.1, 0.15) is 34.3 Å². The molecule has 0 N–H and O–H groups in total. The highest BCUT2D eigenvalue weighted by molar-refractivity contribution is 6.47. The van der Waals surface area contributed by atoms with Crippen LogP contribution in [0.5, 0.6) is 0 Å². The molecule has 0 radical (unpaired) electrons. The van der Waals surface area contributed by atoms with Crippen molar-refractivity contribution in [3.63, 3.8) is 0 Å². The van der Waals surface area contributed by atoms with Gasteiger partial charge in [0.1, 0.15) is 0 Å². The van der Waals surface area contributed by atoms with Gasteiger partial charge in [-0.25, -0.2) is 0 Å². The molecule has 0 saturated heterocycles. The van der Waals surface area contributed by atoms with Crippen LogP contribution in [0.25, 0.3) is 0 Å². The standard InChI is InChI=1S/C19H19NO2/c1-14-9-11-16(12-10-14)18(21)19(22)20-13-5-4-7-15-6-2-3-8-17(15)20/h2-3,6,8-12H,4-5,7,13H2,1H3. The molecule has 1 aliphatic rings. The molecule has 0 saturated carbocycles. The maximum absolute atomic E-state index is 12.7. The normalized spacial score (nSPS) is 14.1. The molecule has 2 aromatic carbocycles. The van der Waals surface area contributed by atoms with Crippen LogP contribution < -0.4 is 4.90 Å². The first-order valence-corrected chi connectivity index (χ1v) is 7.67. The van der Waals surface area contributed by atoms with Crippen LogP contribution in [-0.2, 0) is 11.2 Å². The molecule has 0 atom stereocenters. The van der Waals surface area contributed by atoms with E-state index in [9.17, 15) is 9.59 Å². The molecule has 1 aliphatic heterocycles. The van der Waals surface area contributed by atoms with Crippen molar-refractivity contribution in [1.29, 1.82) is 0 Å². The number of hydrogen-bond acceptors (Lipinski definition) is 2. The SMILES string of the molecule is Cc1ccc(C(=O)C(=O)N2CCCCc3ccccc32)cc1. The van der Waals surface area contributed by atoms with E-state index in [2.05, 4.69) is 0 Å². The Morgan fingerprint density at radius 2 is 1.68 bits per heavy atom. The number of hydrogen-bond donors (Lipinski definition) is 0. The summed E-state index contributed by atoms with van der Waals surface area (Å²) in [7, 11) is 0. The number of carbonyl (C=O) groups is 2. The molecule has 22 heavy (non-hydrogen) atoms. The number of amides is 1. The average molecular weight is 293 g/mol. The Bertz CT molecular complexity index is 704. The second-order valence-electron chi connectivity index (χ2n) is 5.74. The Morgan fingerprint density at radius 1 is 0.955 bits per heavy atom. The lowest BCUT2D eigenvalue weighted by Gasteiger charge is -2.22. The zero-order valence-electron chi connectivity index (χ0n) is 12.7. The van der Waals surface area contributed by atoms with Crippen LogP contribution in [-0.4, -0.2) is 18.2 Å². The zero-order chi connectivity index (χ0) is 15.5. The number of ketones is 1. The minimum Gasteiger partial charge on any atom is -0.305 e. The fourth-order valence-corrected chi connectivity index (χ4v) is 2.85. The van der Waals surface area contributed by atoms with Gasteiger partial charge >= 0.3 is 0 Å². The molecule has 0 unspecified atom stereocenters. The van der Waals surface area contributed by atoms with Gasteiger partial charge in [0.15, 0.2) is 0 Å². The first-order valence-electron chi connectivity index (χ1n) is 7.67. The van der Waals surface area contributed by atoms with E-state index in [0.29, 0.717) is 12.1 Å². The summed E-state index contributed by atoms with van der Waals surface area (Å²) in [5.41, 5.74) is 3.55. The lowest BCUT2D eigenvalue weighted by Crippen LogP contribution is -2.37. The summed E-state index contributed by atoms with van der Waals surface area (Å²) in [4.78, 5) is 26.8. The number of benzene rings is 2. The van der Waals surface area contributed by atoms with E-state index in [0.717, 1.165) is 36.1 Å². The molecular weight excluding hydrogens is 274 g/mol. The molecule has 0 aromatic heterocycles. The average Bonchev–Trinajstić information content (AvgIpc) is 2.76. The van der Waals surface area contributed by atoms with Crippen molar-refractivity contribution in [3.8, 4) is 0 Å². The van der Waals surface area contributed by atoms with Gasteiger partial charge in [-0.05, 0) is 37.8 Å². The number of fused-ring (bicyclic) bond motifs is 1. The second-order valence-corrected chi connectivity index (χ2v) is 5.74. The number of carbonyl (C=O) groups excluding carboxylic acids is 2. The molecule has 3 nitrogen and oxygen atoms in total. The maximum atomic E-state index is 12.7. The van der Waals surface area contributed by atoms with E-state index in [1.807, 2.05) is 43.3 Å². The summed E-state index contributed by atoms with van der Waals surface area (Å²) in [6.07, 6.45) is 2.92. The molecule has 3 heteroatoms.